The average Bonchev–Trinajstić information content (AvgIpc) is 3.43. The molecule has 2 atom stereocenters. The summed E-state index contributed by atoms with van der Waals surface area (Å²) < 4.78 is 98.9. The molecule has 0 spiro atoms. The largest absolute Gasteiger partial charge is 0.416 e. The Kier molecular flexibility index (Phi) is 10.7. The molecular weight excluding hydrogens is 615 g/mol. The number of likely N-dealkylation sites (N-methyl/N-ethyl adjacent to an activating group) is 2. The zero-order chi connectivity index (χ0) is 33.0. The fraction of sp³-hybridized carbons (Fsp3) is 0.484. The summed E-state index contributed by atoms with van der Waals surface area (Å²) in [4.78, 5) is 12.4. The van der Waals surface area contributed by atoms with Gasteiger partial charge in [0.05, 0.1) is 5.56 Å². The lowest BCUT2D eigenvalue weighted by Gasteiger charge is -2.51. The highest BCUT2D eigenvalue weighted by molar-refractivity contribution is 7.89. The van der Waals surface area contributed by atoms with Crippen molar-refractivity contribution in [3.63, 3.8) is 0 Å². The lowest BCUT2D eigenvalue weighted by molar-refractivity contribution is -0.137. The molecule has 0 aliphatic carbocycles. The fourth-order valence-corrected chi connectivity index (χ4v) is 7.48. The third kappa shape index (κ3) is 8.08. The van der Waals surface area contributed by atoms with Crippen molar-refractivity contribution in [3.05, 3.63) is 71.1 Å². The second kappa shape index (κ2) is 14.0. The number of nitrogens with one attached hydrogen (secondary N) is 1. The van der Waals surface area contributed by atoms with E-state index in [0.29, 0.717) is 37.9 Å². The van der Waals surface area contributed by atoms with E-state index < -0.39 is 43.8 Å². The molecule has 8 nitrogen and oxygen atoms in total. The number of aryl methyl sites for hydroxylation is 1. The van der Waals surface area contributed by atoms with Gasteiger partial charge in [-0.05, 0) is 89.3 Å². The molecule has 2 aromatic carbocycles. The molecule has 0 unspecified atom stereocenters. The first-order valence-electron chi connectivity index (χ1n) is 14.6. The Hall–Kier alpha value is -3.36. The van der Waals surface area contributed by atoms with Crippen LogP contribution in [0, 0.1) is 11.6 Å². The molecule has 2 heterocycles. The Morgan fingerprint density at radius 2 is 1.91 bits per heavy atom. The molecule has 14 heteroatoms. The summed E-state index contributed by atoms with van der Waals surface area (Å²) in [5.41, 5.74) is -0.479. The first-order chi connectivity index (χ1) is 21.2. The standard InChI is InChI=1S/C31H39F5N6O2S/c1-37-14-10-28(38-2)39-45(43,44)29-26(32)18-25(19-27(29)33)42-15-6-12-30(21-42,41(4)24-11-16-40(3)20-24)13-9-22-7-5-8-23(17-22)31(34,35)36/h5,7-8,10,14,17-19,24,39H,2,6,9,11-13,15-16,20-21H2,1,3-4H3/b28-10+,37-14-/t24-,30-/m1/s1. The van der Waals surface area contributed by atoms with E-state index in [1.54, 1.807) is 6.07 Å². The van der Waals surface area contributed by atoms with E-state index in [0.717, 1.165) is 44.1 Å². The minimum Gasteiger partial charge on any atom is -0.370 e. The minimum atomic E-state index is -4.69. The first kappa shape index (κ1) is 34.5. The first-order valence-corrected chi connectivity index (χ1v) is 16.1. The van der Waals surface area contributed by atoms with E-state index in [1.165, 1.54) is 31.5 Å². The van der Waals surface area contributed by atoms with Gasteiger partial charge in [0.25, 0.3) is 10.0 Å². The number of halogens is 5. The number of alkyl halides is 3. The molecule has 1 N–H and O–H groups in total. The van der Waals surface area contributed by atoms with Gasteiger partial charge in [-0.25, -0.2) is 22.2 Å². The summed E-state index contributed by atoms with van der Waals surface area (Å²) in [7, 11) is 0.814. The van der Waals surface area contributed by atoms with Crippen LogP contribution < -0.4 is 9.62 Å². The van der Waals surface area contributed by atoms with E-state index >= 15 is 8.78 Å². The van der Waals surface area contributed by atoms with Crippen LogP contribution in [0.1, 0.15) is 36.8 Å². The smallest absolute Gasteiger partial charge is 0.370 e. The quantitative estimate of drug-likeness (QED) is 0.269. The number of allylic oxidation sites excluding steroid dienone is 1. The van der Waals surface area contributed by atoms with Gasteiger partial charge in [-0.2, -0.15) is 13.2 Å². The van der Waals surface area contributed by atoms with Crippen molar-refractivity contribution < 1.29 is 30.4 Å². The van der Waals surface area contributed by atoms with Crippen LogP contribution in [0.15, 0.2) is 63.2 Å². The van der Waals surface area contributed by atoms with Crippen molar-refractivity contribution in [1.82, 2.24) is 14.5 Å². The van der Waals surface area contributed by atoms with Gasteiger partial charge in [-0.15, -0.1) is 0 Å². The zero-order valence-electron chi connectivity index (χ0n) is 25.6. The van der Waals surface area contributed by atoms with E-state index in [1.807, 2.05) is 23.7 Å². The number of anilines is 1. The molecule has 0 radical (unpaired) electrons. The number of hydrogen-bond donors (Lipinski definition) is 1. The second-order valence-electron chi connectivity index (χ2n) is 11.7. The number of aliphatic imine (C=N–C) groups is 2. The fourth-order valence-electron chi connectivity index (χ4n) is 6.34. The van der Waals surface area contributed by atoms with E-state index in [4.69, 9.17) is 0 Å². The van der Waals surface area contributed by atoms with Crippen LogP contribution in [0.4, 0.5) is 27.6 Å². The van der Waals surface area contributed by atoms with Gasteiger partial charge in [0.1, 0.15) is 17.5 Å². The Balaban J connectivity index is 1.64. The number of hydrogen-bond acceptors (Lipinski definition) is 7. The Morgan fingerprint density at radius 1 is 1.20 bits per heavy atom. The predicted molar refractivity (Wildman–Crippen MR) is 166 cm³/mol. The maximum Gasteiger partial charge on any atom is 0.416 e. The molecule has 0 bridgehead atoms. The van der Waals surface area contributed by atoms with Crippen molar-refractivity contribution in [2.24, 2.45) is 9.98 Å². The van der Waals surface area contributed by atoms with Crippen molar-refractivity contribution in [3.8, 4) is 0 Å². The molecule has 4 rings (SSSR count). The van der Waals surface area contributed by atoms with Crippen LogP contribution >= 0.6 is 0 Å². The molecule has 246 valence electrons. The van der Waals surface area contributed by atoms with Gasteiger partial charge in [-0.3, -0.25) is 14.6 Å². The third-order valence-corrected chi connectivity index (χ3v) is 10.2. The van der Waals surface area contributed by atoms with Crippen LogP contribution in [-0.4, -0.2) is 90.1 Å². The van der Waals surface area contributed by atoms with Crippen LogP contribution in [0.5, 0.6) is 0 Å². The number of nitrogens with zero attached hydrogens (tertiary/aromatic N) is 5. The van der Waals surface area contributed by atoms with Gasteiger partial charge in [0, 0.05) is 50.2 Å². The molecule has 2 aliphatic rings. The van der Waals surface area contributed by atoms with E-state index in [-0.39, 0.29) is 17.6 Å². The Morgan fingerprint density at radius 3 is 2.51 bits per heavy atom. The summed E-state index contributed by atoms with van der Waals surface area (Å²) >= 11 is 0. The topological polar surface area (TPSA) is 80.6 Å². The highest BCUT2D eigenvalue weighted by Gasteiger charge is 2.43. The summed E-state index contributed by atoms with van der Waals surface area (Å²) in [6.45, 7) is 5.82. The molecule has 0 amide bonds. The van der Waals surface area contributed by atoms with Crippen LogP contribution in [-0.2, 0) is 22.6 Å². The SMILES string of the molecule is C=N/C(=C\C=N/C)NS(=O)(=O)c1c(F)cc(N2CCC[C@](CCc3cccc(C(F)(F)F)c3)(N(C)[C@@H]3CCN(C)C3)C2)cc1F. The number of rotatable bonds is 11. The summed E-state index contributed by atoms with van der Waals surface area (Å²) in [5.74, 6) is -2.79. The van der Waals surface area contributed by atoms with Crippen LogP contribution in [0.25, 0.3) is 0 Å². The molecule has 2 aliphatic heterocycles. The molecular formula is C31H39F5N6O2S. The van der Waals surface area contributed by atoms with Gasteiger partial charge in [0.15, 0.2) is 4.90 Å². The van der Waals surface area contributed by atoms with Gasteiger partial charge in [0.2, 0.25) is 0 Å². The molecule has 0 saturated carbocycles. The van der Waals surface area contributed by atoms with Gasteiger partial charge in [-0.1, -0.05) is 18.2 Å². The number of piperidine rings is 1. The Labute approximate surface area is 261 Å². The highest BCUT2D eigenvalue weighted by Crippen LogP contribution is 2.38. The maximum absolute atomic E-state index is 15.4. The highest BCUT2D eigenvalue weighted by atomic mass is 32.2. The number of likely N-dealkylation sites (tertiary alicyclic amines) is 1. The summed E-state index contributed by atoms with van der Waals surface area (Å²) in [6, 6.07) is 7.52. The van der Waals surface area contributed by atoms with E-state index in [2.05, 4.69) is 26.5 Å². The maximum atomic E-state index is 15.4. The summed E-state index contributed by atoms with van der Waals surface area (Å²) in [5, 5.41) is 0. The Bertz CT molecular complexity index is 1520. The van der Waals surface area contributed by atoms with Crippen LogP contribution in [0.2, 0.25) is 0 Å². The monoisotopic (exact) mass is 654 g/mol. The molecule has 2 saturated heterocycles. The number of benzene rings is 2. The average molecular weight is 655 g/mol. The molecule has 0 aromatic heterocycles. The third-order valence-electron chi connectivity index (χ3n) is 8.76. The second-order valence-corrected chi connectivity index (χ2v) is 13.3. The zero-order valence-corrected chi connectivity index (χ0v) is 26.4. The molecule has 2 aromatic rings. The van der Waals surface area contributed by atoms with Crippen molar-refractivity contribution in [1.29, 1.82) is 0 Å². The van der Waals surface area contributed by atoms with E-state index in [9.17, 15) is 21.6 Å². The van der Waals surface area contributed by atoms with Gasteiger partial charge >= 0.3 is 6.18 Å². The normalized spacial score (nSPS) is 22.0. The minimum absolute atomic E-state index is 0.180. The lowest BCUT2D eigenvalue weighted by atomic mass is 9.80. The van der Waals surface area contributed by atoms with Crippen molar-refractivity contribution in [2.45, 2.75) is 54.8 Å². The summed E-state index contributed by atoms with van der Waals surface area (Å²) in [6.07, 6.45) is 1.22. The molecule has 2 fully saturated rings. The predicted octanol–water partition coefficient (Wildman–Crippen LogP) is 5.11. The van der Waals surface area contributed by atoms with Crippen molar-refractivity contribution in [2.75, 3.05) is 52.2 Å². The van der Waals surface area contributed by atoms with Crippen molar-refractivity contribution >= 4 is 28.6 Å². The lowest BCUT2D eigenvalue weighted by Crippen LogP contribution is -2.61. The molecule has 45 heavy (non-hydrogen) atoms. The number of sulfonamides is 1. The van der Waals surface area contributed by atoms with Gasteiger partial charge < -0.3 is 9.80 Å². The van der Waals surface area contributed by atoms with Crippen LogP contribution in [0.3, 0.4) is 0 Å².